The summed E-state index contributed by atoms with van der Waals surface area (Å²) < 4.78 is 12.6. The van der Waals surface area contributed by atoms with E-state index in [0.29, 0.717) is 18.2 Å². The van der Waals surface area contributed by atoms with Crippen molar-refractivity contribution in [3.63, 3.8) is 0 Å². The van der Waals surface area contributed by atoms with E-state index in [-0.39, 0.29) is 6.10 Å². The number of hydrogen-bond donors (Lipinski definition) is 1. The summed E-state index contributed by atoms with van der Waals surface area (Å²) in [5, 5.41) is 3.37. The molecule has 0 radical (unpaired) electrons. The van der Waals surface area contributed by atoms with Gasteiger partial charge in [-0.15, -0.1) is 0 Å². The molecule has 2 saturated carbocycles. The molecule has 2 rings (SSSR count). The van der Waals surface area contributed by atoms with Crippen LogP contribution in [0.25, 0.3) is 0 Å². The molecule has 124 valence electrons. The highest BCUT2D eigenvalue weighted by molar-refractivity contribution is 4.98. The maximum atomic E-state index is 6.55. The van der Waals surface area contributed by atoms with Gasteiger partial charge in [0.05, 0.1) is 18.3 Å². The molecule has 0 heterocycles. The van der Waals surface area contributed by atoms with E-state index in [1.165, 1.54) is 19.3 Å². The summed E-state index contributed by atoms with van der Waals surface area (Å²) in [6.07, 6.45) is 7.07. The molecular weight excluding hydrogens is 262 g/mol. The maximum Gasteiger partial charge on any atom is 0.0990 e. The number of likely N-dealkylation sites (N-methyl/N-ethyl adjacent to an activating group) is 1. The molecule has 0 aromatic carbocycles. The van der Waals surface area contributed by atoms with Crippen LogP contribution in [0.2, 0.25) is 0 Å². The van der Waals surface area contributed by atoms with Crippen LogP contribution in [0.1, 0.15) is 59.8 Å². The van der Waals surface area contributed by atoms with E-state index in [2.05, 4.69) is 33.0 Å². The number of nitrogens with one attached hydrogen (secondary N) is 1. The highest BCUT2D eigenvalue weighted by Gasteiger charge is 2.44. The van der Waals surface area contributed by atoms with Crippen molar-refractivity contribution in [1.29, 1.82) is 0 Å². The summed E-state index contributed by atoms with van der Waals surface area (Å²) >= 11 is 0. The Morgan fingerprint density at radius 3 is 2.52 bits per heavy atom. The van der Waals surface area contributed by atoms with Crippen molar-refractivity contribution in [1.82, 2.24) is 5.32 Å². The van der Waals surface area contributed by atoms with Crippen molar-refractivity contribution < 1.29 is 9.47 Å². The predicted octanol–water partition coefficient (Wildman–Crippen LogP) is 3.62. The molecule has 6 unspecified atom stereocenters. The van der Waals surface area contributed by atoms with Crippen LogP contribution in [0.3, 0.4) is 0 Å². The van der Waals surface area contributed by atoms with Crippen molar-refractivity contribution in [3.8, 4) is 0 Å². The van der Waals surface area contributed by atoms with E-state index in [9.17, 15) is 0 Å². The molecule has 2 aliphatic carbocycles. The second-order valence-electron chi connectivity index (χ2n) is 7.51. The topological polar surface area (TPSA) is 30.5 Å². The molecule has 21 heavy (non-hydrogen) atoms. The van der Waals surface area contributed by atoms with Crippen LogP contribution < -0.4 is 5.32 Å². The van der Waals surface area contributed by atoms with Crippen LogP contribution in [0.15, 0.2) is 0 Å². The normalized spacial score (nSPS) is 40.3. The van der Waals surface area contributed by atoms with Gasteiger partial charge in [0.1, 0.15) is 0 Å². The molecule has 1 N–H and O–H groups in total. The fraction of sp³-hybridized carbons (Fsp3) is 1.00. The Morgan fingerprint density at radius 1 is 1.14 bits per heavy atom. The van der Waals surface area contributed by atoms with Crippen LogP contribution in [-0.2, 0) is 9.47 Å². The summed E-state index contributed by atoms with van der Waals surface area (Å²) in [6, 6.07) is 0.472. The van der Waals surface area contributed by atoms with Crippen LogP contribution in [0, 0.1) is 17.8 Å². The quantitative estimate of drug-likeness (QED) is 0.778. The maximum absolute atomic E-state index is 6.55. The van der Waals surface area contributed by atoms with Crippen molar-refractivity contribution in [2.45, 2.75) is 84.2 Å². The zero-order valence-corrected chi connectivity index (χ0v) is 14.6. The molecule has 2 aliphatic rings. The Morgan fingerprint density at radius 2 is 1.90 bits per heavy atom. The second-order valence-corrected chi connectivity index (χ2v) is 7.51. The van der Waals surface area contributed by atoms with E-state index in [1.54, 1.807) is 0 Å². The standard InChI is InChI=1S/C18H35NO2/c1-6-9-20-18-15(19-5)11-17(18)21-16-10-13(4)7-8-14(16)12(2)3/h12-19H,6-11H2,1-5H3. The number of rotatable bonds is 7. The van der Waals surface area contributed by atoms with Crippen molar-refractivity contribution in [2.75, 3.05) is 13.7 Å². The average Bonchev–Trinajstić information content (AvgIpc) is 2.43. The number of ether oxygens (including phenoxy) is 2. The van der Waals surface area contributed by atoms with E-state index < -0.39 is 0 Å². The molecular formula is C18H35NO2. The zero-order valence-electron chi connectivity index (χ0n) is 14.6. The Balaban J connectivity index is 1.91. The first-order valence-electron chi connectivity index (χ1n) is 9.01. The lowest BCUT2D eigenvalue weighted by molar-refractivity contribution is -0.187. The fourth-order valence-corrected chi connectivity index (χ4v) is 3.97. The van der Waals surface area contributed by atoms with Crippen LogP contribution in [0.5, 0.6) is 0 Å². The second kappa shape index (κ2) is 7.94. The van der Waals surface area contributed by atoms with Gasteiger partial charge in [-0.3, -0.25) is 0 Å². The highest BCUT2D eigenvalue weighted by atomic mass is 16.6. The highest BCUT2D eigenvalue weighted by Crippen LogP contribution is 2.38. The molecule has 0 aromatic rings. The minimum Gasteiger partial charge on any atom is -0.374 e. The van der Waals surface area contributed by atoms with E-state index >= 15 is 0 Å². The van der Waals surface area contributed by atoms with Gasteiger partial charge in [-0.2, -0.15) is 0 Å². The first-order chi connectivity index (χ1) is 10.1. The number of hydrogen-bond acceptors (Lipinski definition) is 3. The SMILES string of the molecule is CCCOC1C(NC)CC1OC1CC(C)CCC1C(C)C. The van der Waals surface area contributed by atoms with Gasteiger partial charge in [-0.05, 0) is 50.5 Å². The fourth-order valence-electron chi connectivity index (χ4n) is 3.97. The lowest BCUT2D eigenvalue weighted by Crippen LogP contribution is -2.60. The smallest absolute Gasteiger partial charge is 0.0990 e. The summed E-state index contributed by atoms with van der Waals surface area (Å²) in [7, 11) is 2.03. The van der Waals surface area contributed by atoms with Gasteiger partial charge in [-0.1, -0.05) is 34.1 Å². The first kappa shape index (κ1) is 17.2. The molecule has 6 atom stereocenters. The molecule has 0 aromatic heterocycles. The van der Waals surface area contributed by atoms with Gasteiger partial charge in [0.15, 0.2) is 0 Å². The Bertz CT molecular complexity index is 308. The van der Waals surface area contributed by atoms with Crippen molar-refractivity contribution in [3.05, 3.63) is 0 Å². The minimum atomic E-state index is 0.250. The Labute approximate surface area is 131 Å². The summed E-state index contributed by atoms with van der Waals surface area (Å²) in [4.78, 5) is 0. The third-order valence-corrected chi connectivity index (χ3v) is 5.45. The largest absolute Gasteiger partial charge is 0.374 e. The van der Waals surface area contributed by atoms with Gasteiger partial charge in [0, 0.05) is 12.6 Å². The molecule has 0 aliphatic heterocycles. The molecule has 0 amide bonds. The Hall–Kier alpha value is -0.120. The predicted molar refractivity (Wildman–Crippen MR) is 87.5 cm³/mol. The van der Waals surface area contributed by atoms with Crippen molar-refractivity contribution in [2.24, 2.45) is 17.8 Å². The third-order valence-electron chi connectivity index (χ3n) is 5.45. The summed E-state index contributed by atoms with van der Waals surface area (Å²) in [5.74, 6) is 2.25. The Kier molecular flexibility index (Phi) is 6.51. The van der Waals surface area contributed by atoms with Gasteiger partial charge < -0.3 is 14.8 Å². The van der Waals surface area contributed by atoms with E-state index in [0.717, 1.165) is 37.2 Å². The van der Waals surface area contributed by atoms with Gasteiger partial charge in [0.2, 0.25) is 0 Å². The summed E-state index contributed by atoms with van der Waals surface area (Å²) in [5.41, 5.74) is 0. The van der Waals surface area contributed by atoms with Crippen LogP contribution in [0.4, 0.5) is 0 Å². The lowest BCUT2D eigenvalue weighted by atomic mass is 9.75. The van der Waals surface area contributed by atoms with E-state index in [4.69, 9.17) is 9.47 Å². The van der Waals surface area contributed by atoms with Gasteiger partial charge >= 0.3 is 0 Å². The minimum absolute atomic E-state index is 0.250. The van der Waals surface area contributed by atoms with Crippen LogP contribution in [-0.4, -0.2) is 38.0 Å². The zero-order chi connectivity index (χ0) is 15.4. The lowest BCUT2D eigenvalue weighted by Gasteiger charge is -2.48. The molecule has 0 spiro atoms. The molecule has 0 bridgehead atoms. The van der Waals surface area contributed by atoms with Crippen LogP contribution >= 0.6 is 0 Å². The van der Waals surface area contributed by atoms with Gasteiger partial charge in [-0.25, -0.2) is 0 Å². The van der Waals surface area contributed by atoms with Gasteiger partial charge in [0.25, 0.3) is 0 Å². The molecule has 3 nitrogen and oxygen atoms in total. The first-order valence-corrected chi connectivity index (χ1v) is 9.01. The van der Waals surface area contributed by atoms with E-state index in [1.807, 2.05) is 7.05 Å². The molecule has 3 heteroatoms. The molecule has 2 fully saturated rings. The van der Waals surface area contributed by atoms with Crippen molar-refractivity contribution >= 4 is 0 Å². The molecule has 0 saturated heterocycles. The average molecular weight is 297 g/mol. The summed E-state index contributed by atoms with van der Waals surface area (Å²) in [6.45, 7) is 10.1. The third kappa shape index (κ3) is 4.20. The monoisotopic (exact) mass is 297 g/mol.